The molecule has 5 nitrogen and oxygen atoms in total. The first-order chi connectivity index (χ1) is 12.5. The molecule has 0 aliphatic rings. The van der Waals surface area contributed by atoms with Gasteiger partial charge in [0.15, 0.2) is 28.2 Å². The summed E-state index contributed by atoms with van der Waals surface area (Å²) in [6.45, 7) is 3.12. The number of pyridine rings is 1. The van der Waals surface area contributed by atoms with Crippen LogP contribution in [0.2, 0.25) is 0 Å². The maximum Gasteiger partial charge on any atom is 0.247 e. The smallest absolute Gasteiger partial charge is 0.247 e. The zero-order chi connectivity index (χ0) is 20.1. The minimum absolute atomic E-state index is 0.191. The molecule has 27 heavy (non-hydrogen) atoms. The minimum Gasteiger partial charge on any atom is -0.304 e. The van der Waals surface area contributed by atoms with Crippen LogP contribution in [0.5, 0.6) is 0 Å². The number of hydrogen-bond acceptors (Lipinski definition) is 3. The van der Waals surface area contributed by atoms with Gasteiger partial charge in [0.1, 0.15) is 5.65 Å². The predicted molar refractivity (Wildman–Crippen MR) is 84.9 cm³/mol. The molecule has 144 valence electrons. The molecule has 11 heteroatoms. The van der Waals surface area contributed by atoms with Gasteiger partial charge in [-0.05, 0) is 31.5 Å². The zero-order valence-corrected chi connectivity index (χ0v) is 14.8. The number of nitrogens with zero attached hydrogens (tertiary/aromatic N) is 2. The number of rotatable bonds is 4. The monoisotopic (exact) mass is 405 g/mol. The van der Waals surface area contributed by atoms with Gasteiger partial charge < -0.3 is 4.40 Å². The van der Waals surface area contributed by atoms with Crippen LogP contribution >= 0.6 is 0 Å². The molecule has 2 heterocycles. The van der Waals surface area contributed by atoms with Gasteiger partial charge in [0.25, 0.3) is 0 Å². The molecule has 0 saturated heterocycles. The van der Waals surface area contributed by atoms with E-state index in [9.17, 15) is 30.4 Å². The fraction of sp³-hybridized carbons (Fsp3) is 0.188. The molecule has 3 aromatic rings. The molecule has 0 fully saturated rings. The lowest BCUT2D eigenvalue weighted by Gasteiger charge is -2.09. The van der Waals surface area contributed by atoms with E-state index >= 15 is 0 Å². The highest BCUT2D eigenvalue weighted by Crippen LogP contribution is 2.26. The second-order valence-electron chi connectivity index (χ2n) is 5.86. The van der Waals surface area contributed by atoms with Crippen LogP contribution in [0.1, 0.15) is 17.0 Å². The van der Waals surface area contributed by atoms with Crippen LogP contribution in [0.3, 0.4) is 0 Å². The lowest BCUT2D eigenvalue weighted by Crippen LogP contribution is -2.27. The lowest BCUT2D eigenvalue weighted by atomic mass is 10.2. The third-order valence-electron chi connectivity index (χ3n) is 3.84. The van der Waals surface area contributed by atoms with Crippen molar-refractivity contribution in [3.63, 3.8) is 0 Å². The maximum atomic E-state index is 13.7. The number of halogens is 5. The Labute approximate surface area is 150 Å². The van der Waals surface area contributed by atoms with Gasteiger partial charge >= 0.3 is 0 Å². The van der Waals surface area contributed by atoms with E-state index in [0.29, 0.717) is 5.65 Å². The molecular formula is C16H12F5N3O2S. The highest BCUT2D eigenvalue weighted by Gasteiger charge is 2.33. The zero-order valence-electron chi connectivity index (χ0n) is 13.9. The van der Waals surface area contributed by atoms with Crippen LogP contribution in [0.4, 0.5) is 22.0 Å². The fourth-order valence-electron chi connectivity index (χ4n) is 2.62. The Morgan fingerprint density at radius 2 is 1.52 bits per heavy atom. The highest BCUT2D eigenvalue weighted by molar-refractivity contribution is 7.89. The van der Waals surface area contributed by atoms with E-state index in [1.807, 2.05) is 13.0 Å². The predicted octanol–water partition coefficient (Wildman–Crippen LogP) is 3.13. The third-order valence-corrected chi connectivity index (χ3v) is 5.26. The van der Waals surface area contributed by atoms with E-state index in [-0.39, 0.29) is 5.69 Å². The standard InChI is InChI=1S/C16H12F5N3O2S/c1-7-3-8(2)24-6-9(23-10(24)4-7)5-22-27(25,26)16-14(20)12(18)11(17)13(19)15(16)21/h3-4,6,22H,5H2,1-2H3. The normalized spacial score (nSPS) is 12.1. The van der Waals surface area contributed by atoms with Crippen LogP contribution < -0.4 is 4.72 Å². The Hall–Kier alpha value is -2.53. The van der Waals surface area contributed by atoms with Gasteiger partial charge in [0, 0.05) is 11.9 Å². The summed E-state index contributed by atoms with van der Waals surface area (Å²) in [5.74, 6) is -12.0. The number of aromatic nitrogens is 2. The van der Waals surface area contributed by atoms with Gasteiger partial charge in [-0.3, -0.25) is 0 Å². The largest absolute Gasteiger partial charge is 0.304 e. The van der Waals surface area contributed by atoms with Gasteiger partial charge in [-0.25, -0.2) is 40.1 Å². The molecule has 3 rings (SSSR count). The number of nitrogens with one attached hydrogen (secondary N) is 1. The molecule has 1 aromatic carbocycles. The van der Waals surface area contributed by atoms with E-state index in [1.54, 1.807) is 22.1 Å². The van der Waals surface area contributed by atoms with Crippen LogP contribution in [-0.2, 0) is 16.6 Å². The first-order valence-electron chi connectivity index (χ1n) is 7.49. The van der Waals surface area contributed by atoms with Crippen molar-refractivity contribution in [3.8, 4) is 0 Å². The Bertz CT molecular complexity index is 1150. The molecule has 0 spiro atoms. The molecule has 0 saturated carbocycles. The van der Waals surface area contributed by atoms with Crippen LogP contribution in [0, 0.1) is 42.9 Å². The number of imidazole rings is 1. The van der Waals surface area contributed by atoms with E-state index in [4.69, 9.17) is 0 Å². The number of hydrogen-bond donors (Lipinski definition) is 1. The summed E-state index contributed by atoms with van der Waals surface area (Å²) >= 11 is 0. The van der Waals surface area contributed by atoms with Crippen LogP contribution in [0.15, 0.2) is 23.2 Å². The third kappa shape index (κ3) is 3.28. The highest BCUT2D eigenvalue weighted by atomic mass is 32.2. The second kappa shape index (κ2) is 6.57. The molecule has 0 unspecified atom stereocenters. The first kappa shape index (κ1) is 19.2. The van der Waals surface area contributed by atoms with Crippen molar-refractivity contribution in [2.45, 2.75) is 25.3 Å². The molecule has 0 bridgehead atoms. The molecule has 0 atom stereocenters. The molecule has 0 aliphatic carbocycles. The Morgan fingerprint density at radius 3 is 2.11 bits per heavy atom. The molecule has 0 radical (unpaired) electrons. The summed E-state index contributed by atoms with van der Waals surface area (Å²) in [5, 5.41) is 0. The topological polar surface area (TPSA) is 63.5 Å². The Kier molecular flexibility index (Phi) is 4.68. The number of sulfonamides is 1. The molecule has 0 amide bonds. The minimum atomic E-state index is -5.03. The van der Waals surface area contributed by atoms with Gasteiger partial charge in [-0.2, -0.15) is 0 Å². The van der Waals surface area contributed by atoms with E-state index in [1.165, 1.54) is 6.20 Å². The van der Waals surface area contributed by atoms with Gasteiger partial charge in [-0.15, -0.1) is 0 Å². The van der Waals surface area contributed by atoms with Crippen molar-refractivity contribution in [2.75, 3.05) is 0 Å². The summed E-state index contributed by atoms with van der Waals surface area (Å²) in [6, 6.07) is 3.59. The summed E-state index contributed by atoms with van der Waals surface area (Å²) in [5.41, 5.74) is 2.43. The average molecular weight is 405 g/mol. The van der Waals surface area contributed by atoms with Gasteiger partial charge in [0.2, 0.25) is 15.8 Å². The second-order valence-corrected chi connectivity index (χ2v) is 7.56. The fourth-order valence-corrected chi connectivity index (χ4v) is 3.75. The molecular weight excluding hydrogens is 393 g/mol. The number of benzene rings is 1. The van der Waals surface area contributed by atoms with Crippen molar-refractivity contribution in [2.24, 2.45) is 0 Å². The van der Waals surface area contributed by atoms with Gasteiger partial charge in [-0.1, -0.05) is 0 Å². The lowest BCUT2D eigenvalue weighted by molar-refractivity contribution is 0.357. The van der Waals surface area contributed by atoms with E-state index in [2.05, 4.69) is 4.98 Å². The summed E-state index contributed by atoms with van der Waals surface area (Å²) in [6.07, 6.45) is 1.49. The van der Waals surface area contributed by atoms with Crippen LogP contribution in [0.25, 0.3) is 5.65 Å². The number of fused-ring (bicyclic) bond motifs is 1. The molecule has 2 aromatic heterocycles. The van der Waals surface area contributed by atoms with E-state index < -0.39 is 50.5 Å². The van der Waals surface area contributed by atoms with Gasteiger partial charge in [0.05, 0.1) is 12.2 Å². The van der Waals surface area contributed by atoms with Crippen molar-refractivity contribution >= 4 is 15.7 Å². The van der Waals surface area contributed by atoms with Crippen molar-refractivity contribution in [1.29, 1.82) is 0 Å². The average Bonchev–Trinajstić information content (AvgIpc) is 3.00. The Morgan fingerprint density at radius 1 is 0.963 bits per heavy atom. The SMILES string of the molecule is Cc1cc(C)n2cc(CNS(=O)(=O)c3c(F)c(F)c(F)c(F)c3F)nc2c1. The summed E-state index contributed by atoms with van der Waals surface area (Å²) in [7, 11) is -5.03. The van der Waals surface area contributed by atoms with Crippen molar-refractivity contribution in [1.82, 2.24) is 14.1 Å². The van der Waals surface area contributed by atoms with Crippen molar-refractivity contribution < 1.29 is 30.4 Å². The van der Waals surface area contributed by atoms with Crippen LogP contribution in [-0.4, -0.2) is 17.8 Å². The summed E-state index contributed by atoms with van der Waals surface area (Å²) < 4.78 is 94.7. The number of aryl methyl sites for hydroxylation is 2. The molecule has 1 N–H and O–H groups in total. The quantitative estimate of drug-likeness (QED) is 0.412. The summed E-state index contributed by atoms with van der Waals surface area (Å²) in [4.78, 5) is 2.23. The Balaban J connectivity index is 1.96. The van der Waals surface area contributed by atoms with E-state index in [0.717, 1.165) is 11.3 Å². The van der Waals surface area contributed by atoms with Crippen molar-refractivity contribution in [3.05, 3.63) is 64.4 Å². The maximum absolute atomic E-state index is 13.7. The first-order valence-corrected chi connectivity index (χ1v) is 8.97. The molecule has 0 aliphatic heterocycles.